The van der Waals surface area contributed by atoms with E-state index in [-0.39, 0.29) is 35.9 Å². The smallest absolute Gasteiger partial charge is 0.317 e. The van der Waals surface area contributed by atoms with E-state index in [1.165, 1.54) is 0 Å². The molecular weight excluding hydrogens is 446 g/mol. The lowest BCUT2D eigenvalue weighted by atomic mass is 10.00. The molecule has 2 aromatic heterocycles. The van der Waals surface area contributed by atoms with E-state index in [1.807, 2.05) is 13.8 Å². The van der Waals surface area contributed by atoms with Gasteiger partial charge >= 0.3 is 6.03 Å². The number of hydrogen-bond donors (Lipinski definition) is 2. The highest BCUT2D eigenvalue weighted by Crippen LogP contribution is 2.27. The van der Waals surface area contributed by atoms with Gasteiger partial charge in [0.1, 0.15) is 11.7 Å². The van der Waals surface area contributed by atoms with Crippen LogP contribution in [0.1, 0.15) is 48.7 Å². The topological polar surface area (TPSA) is 108 Å². The number of fused-ring (bicyclic) bond motifs is 1. The van der Waals surface area contributed by atoms with Crippen LogP contribution in [0.15, 0.2) is 36.8 Å². The number of pyridine rings is 2. The van der Waals surface area contributed by atoms with Gasteiger partial charge in [-0.2, -0.15) is 0 Å². The average Bonchev–Trinajstić information content (AvgIpc) is 2.88. The van der Waals surface area contributed by atoms with Gasteiger partial charge in [0.15, 0.2) is 0 Å². The van der Waals surface area contributed by atoms with Crippen molar-refractivity contribution in [2.45, 2.75) is 39.3 Å². The van der Waals surface area contributed by atoms with E-state index in [2.05, 4.69) is 27.1 Å². The molecule has 3 atom stereocenters. The number of likely N-dealkylation sites (N-methyl/N-ethyl adjacent to an activating group) is 1. The largest absolute Gasteiger partial charge is 0.472 e. The molecule has 0 aliphatic carbocycles. The molecule has 1 aliphatic heterocycles. The third kappa shape index (κ3) is 6.70. The van der Waals surface area contributed by atoms with Crippen LogP contribution in [-0.2, 0) is 0 Å². The fourth-order valence-electron chi connectivity index (χ4n) is 3.69. The molecule has 0 saturated carbocycles. The molecule has 3 heterocycles. The van der Waals surface area contributed by atoms with Crippen molar-refractivity contribution in [2.75, 3.05) is 33.3 Å². The minimum Gasteiger partial charge on any atom is -0.472 e. The van der Waals surface area contributed by atoms with E-state index in [4.69, 9.17) is 4.74 Å². The first kappa shape index (κ1) is 26.0. The fourth-order valence-corrected chi connectivity index (χ4v) is 3.69. The molecule has 3 rings (SSSR count). The summed E-state index contributed by atoms with van der Waals surface area (Å²) in [5, 5.41) is 12.7. The van der Waals surface area contributed by atoms with Crippen molar-refractivity contribution in [3.8, 4) is 17.7 Å². The third-order valence-corrected chi connectivity index (χ3v) is 5.88. The molecule has 2 N–H and O–H groups in total. The fraction of sp³-hybridized carbons (Fsp3) is 0.462. The van der Waals surface area contributed by atoms with Crippen molar-refractivity contribution in [3.63, 3.8) is 0 Å². The summed E-state index contributed by atoms with van der Waals surface area (Å²) in [6.45, 7) is 6.85. The maximum absolute atomic E-state index is 13.5. The number of aliphatic hydroxyl groups excluding tert-OH is 1. The Hall–Kier alpha value is -3.64. The molecule has 9 nitrogen and oxygen atoms in total. The van der Waals surface area contributed by atoms with Gasteiger partial charge in [0.25, 0.3) is 5.91 Å². The Morgan fingerprint density at radius 3 is 2.74 bits per heavy atom. The Morgan fingerprint density at radius 1 is 1.34 bits per heavy atom. The van der Waals surface area contributed by atoms with Crippen LogP contribution in [0, 0.1) is 17.8 Å². The second-order valence-corrected chi connectivity index (χ2v) is 8.80. The Kier molecular flexibility index (Phi) is 9.04. The highest BCUT2D eigenvalue weighted by Gasteiger charge is 2.34. The molecule has 1 aliphatic rings. The quantitative estimate of drug-likeness (QED) is 0.615. The molecule has 2 aromatic rings. The van der Waals surface area contributed by atoms with Crippen molar-refractivity contribution in [3.05, 3.63) is 53.5 Å². The van der Waals surface area contributed by atoms with Crippen LogP contribution >= 0.6 is 0 Å². The molecule has 186 valence electrons. The van der Waals surface area contributed by atoms with Crippen LogP contribution in [0.4, 0.5) is 4.79 Å². The number of hydrogen-bond acceptors (Lipinski definition) is 6. The number of carbonyl (C=O) groups excluding carboxylic acids is 2. The number of carbonyl (C=O) groups is 2. The van der Waals surface area contributed by atoms with Crippen LogP contribution in [-0.4, -0.2) is 82.2 Å². The number of aromatic nitrogens is 2. The first-order valence-electron chi connectivity index (χ1n) is 11.8. The summed E-state index contributed by atoms with van der Waals surface area (Å²) in [6, 6.07) is 4.68. The van der Waals surface area contributed by atoms with Crippen LogP contribution in [0.3, 0.4) is 0 Å². The van der Waals surface area contributed by atoms with E-state index in [0.29, 0.717) is 25.2 Å². The predicted octanol–water partition coefficient (Wildman–Crippen LogP) is 2.15. The molecule has 0 aromatic carbocycles. The molecule has 0 fully saturated rings. The van der Waals surface area contributed by atoms with Crippen LogP contribution < -0.4 is 10.1 Å². The molecule has 3 amide bonds. The van der Waals surface area contributed by atoms with E-state index >= 15 is 0 Å². The molecule has 9 heteroatoms. The number of urea groups is 1. The average molecular weight is 480 g/mol. The number of amides is 3. The first-order valence-corrected chi connectivity index (χ1v) is 11.8. The summed E-state index contributed by atoms with van der Waals surface area (Å²) >= 11 is 0. The highest BCUT2D eigenvalue weighted by atomic mass is 16.5. The zero-order valence-electron chi connectivity index (χ0n) is 20.7. The normalized spacial score (nSPS) is 18.2. The van der Waals surface area contributed by atoms with E-state index < -0.39 is 12.1 Å². The monoisotopic (exact) mass is 479 g/mol. The van der Waals surface area contributed by atoms with Crippen LogP contribution in [0.5, 0.6) is 5.88 Å². The van der Waals surface area contributed by atoms with Crippen molar-refractivity contribution in [2.24, 2.45) is 5.92 Å². The van der Waals surface area contributed by atoms with Crippen molar-refractivity contribution >= 4 is 11.9 Å². The summed E-state index contributed by atoms with van der Waals surface area (Å²) in [6.07, 6.45) is 5.33. The van der Waals surface area contributed by atoms with Gasteiger partial charge in [-0.15, -0.1) is 0 Å². The molecule has 0 saturated heterocycles. The maximum atomic E-state index is 13.5. The van der Waals surface area contributed by atoms with Gasteiger partial charge in [0, 0.05) is 55.8 Å². The Bertz CT molecular complexity index is 1080. The summed E-state index contributed by atoms with van der Waals surface area (Å²) in [5.74, 6) is 5.88. The predicted molar refractivity (Wildman–Crippen MR) is 132 cm³/mol. The molecule has 0 unspecified atom stereocenters. The van der Waals surface area contributed by atoms with Crippen molar-refractivity contribution in [1.82, 2.24) is 25.1 Å². The molecular formula is C26H33N5O4. The summed E-state index contributed by atoms with van der Waals surface area (Å²) in [5.41, 5.74) is 1.64. The van der Waals surface area contributed by atoms with Gasteiger partial charge in [-0.1, -0.05) is 25.7 Å². The minimum absolute atomic E-state index is 0.115. The Balaban J connectivity index is 1.93. The number of nitrogens with one attached hydrogen (secondary N) is 1. The lowest BCUT2D eigenvalue weighted by Crippen LogP contribution is -2.51. The maximum Gasteiger partial charge on any atom is 0.317 e. The lowest BCUT2D eigenvalue weighted by Gasteiger charge is -2.37. The molecule has 0 bridgehead atoms. The number of ether oxygens (including phenoxy) is 1. The first-order chi connectivity index (χ1) is 16.8. The lowest BCUT2D eigenvalue weighted by molar-refractivity contribution is 0.0352. The summed E-state index contributed by atoms with van der Waals surface area (Å²) in [7, 11) is 1.71. The van der Waals surface area contributed by atoms with Gasteiger partial charge in [0.05, 0.1) is 19.2 Å². The minimum atomic E-state index is -0.408. The van der Waals surface area contributed by atoms with E-state index in [9.17, 15) is 14.7 Å². The zero-order chi connectivity index (χ0) is 25.4. The second-order valence-electron chi connectivity index (χ2n) is 8.80. The van der Waals surface area contributed by atoms with Gasteiger partial charge in [0.2, 0.25) is 5.88 Å². The van der Waals surface area contributed by atoms with Gasteiger partial charge < -0.3 is 25.0 Å². The van der Waals surface area contributed by atoms with E-state index in [1.54, 1.807) is 60.6 Å². The summed E-state index contributed by atoms with van der Waals surface area (Å²) in [4.78, 5) is 37.5. The molecule has 0 spiro atoms. The Labute approximate surface area is 206 Å². The molecule has 0 radical (unpaired) electrons. The SMILES string of the molecule is CCCNC(=O)N(C)C[C@@H]1Oc2ncc(C#Cc3ccncc3)cc2C(=O)N([C@@H](C)CO)C[C@@H]1C. The Morgan fingerprint density at radius 2 is 2.06 bits per heavy atom. The number of aliphatic hydroxyl groups is 1. The highest BCUT2D eigenvalue weighted by molar-refractivity contribution is 5.97. The van der Waals surface area contributed by atoms with Crippen molar-refractivity contribution in [1.29, 1.82) is 0 Å². The standard InChI is InChI=1S/C26H33N5O4/c1-5-10-28-26(34)30(4)16-23-18(2)15-31(19(3)17-32)25(33)22-13-21(14-29-24(22)35-23)7-6-20-8-11-27-12-9-20/h8-9,11-14,18-19,23,32H,5,10,15-17H2,1-4H3,(H,28,34)/t18-,19-,23-/m0/s1. The number of nitrogens with zero attached hydrogens (tertiary/aromatic N) is 4. The van der Waals surface area contributed by atoms with Crippen LogP contribution in [0.2, 0.25) is 0 Å². The van der Waals surface area contributed by atoms with Gasteiger partial charge in [-0.3, -0.25) is 9.78 Å². The summed E-state index contributed by atoms with van der Waals surface area (Å²) < 4.78 is 6.23. The van der Waals surface area contributed by atoms with Crippen molar-refractivity contribution < 1.29 is 19.4 Å². The van der Waals surface area contributed by atoms with Gasteiger partial charge in [-0.05, 0) is 31.5 Å². The zero-order valence-corrected chi connectivity index (χ0v) is 20.7. The number of rotatable bonds is 6. The van der Waals surface area contributed by atoms with Gasteiger partial charge in [-0.25, -0.2) is 9.78 Å². The van der Waals surface area contributed by atoms with E-state index in [0.717, 1.165) is 12.0 Å². The third-order valence-electron chi connectivity index (χ3n) is 5.88. The second kappa shape index (κ2) is 12.2. The molecule has 35 heavy (non-hydrogen) atoms. The van der Waals surface area contributed by atoms with Crippen LogP contribution in [0.25, 0.3) is 0 Å².